The number of halogens is 3. The number of hydrogen-bond donors (Lipinski definition) is 0. The largest absolute Gasteiger partial charge is 0.236 e. The summed E-state index contributed by atoms with van der Waals surface area (Å²) >= 11 is 17.9. The van der Waals surface area contributed by atoms with Crippen molar-refractivity contribution in [3.8, 4) is 22.5 Å². The molecule has 0 unspecified atom stereocenters. The van der Waals surface area contributed by atoms with Crippen molar-refractivity contribution < 1.29 is 0 Å². The minimum atomic E-state index is 0.529. The number of benzene rings is 2. The van der Waals surface area contributed by atoms with Crippen LogP contribution in [-0.2, 0) is 0 Å². The lowest BCUT2D eigenvalue weighted by molar-refractivity contribution is 1.18. The normalized spacial score (nSPS) is 10.6. The van der Waals surface area contributed by atoms with E-state index < -0.39 is 0 Å². The quantitative estimate of drug-likeness (QED) is 0.594. The van der Waals surface area contributed by atoms with E-state index >= 15 is 0 Å². The maximum Gasteiger partial charge on any atom is 0.160 e. The zero-order valence-corrected chi connectivity index (χ0v) is 13.0. The number of rotatable bonds is 2. The van der Waals surface area contributed by atoms with Crippen molar-refractivity contribution >= 4 is 34.8 Å². The Morgan fingerprint density at radius 1 is 0.667 bits per heavy atom. The van der Waals surface area contributed by atoms with Gasteiger partial charge in [0.2, 0.25) is 0 Å². The molecule has 0 amide bonds. The summed E-state index contributed by atoms with van der Waals surface area (Å²) in [4.78, 5) is 8.73. The molecule has 0 aliphatic carbocycles. The second-order valence-electron chi connectivity index (χ2n) is 4.43. The predicted molar refractivity (Wildman–Crippen MR) is 87.9 cm³/mol. The molecule has 0 saturated heterocycles. The van der Waals surface area contributed by atoms with Gasteiger partial charge in [0.05, 0.1) is 5.02 Å². The molecule has 0 spiro atoms. The van der Waals surface area contributed by atoms with E-state index in [0.29, 0.717) is 20.9 Å². The first-order valence-corrected chi connectivity index (χ1v) is 7.30. The standard InChI is InChI=1S/C16H9Cl3N2/c17-12-3-1-10(2-4-12)11-8-20-16(21-9-11)14-6-5-13(18)7-15(14)19/h1-9H. The number of nitrogens with zero attached hydrogens (tertiary/aromatic N) is 2. The SMILES string of the molecule is Clc1ccc(-c2cnc(-c3ccc(Cl)cc3Cl)nc2)cc1. The number of hydrogen-bond acceptors (Lipinski definition) is 2. The maximum absolute atomic E-state index is 6.16. The third-order valence-electron chi connectivity index (χ3n) is 3.00. The van der Waals surface area contributed by atoms with Gasteiger partial charge in [0.25, 0.3) is 0 Å². The molecule has 0 N–H and O–H groups in total. The fourth-order valence-corrected chi connectivity index (χ4v) is 2.55. The molecule has 0 radical (unpaired) electrons. The zero-order chi connectivity index (χ0) is 14.8. The van der Waals surface area contributed by atoms with Crippen LogP contribution in [0, 0.1) is 0 Å². The lowest BCUT2D eigenvalue weighted by Crippen LogP contribution is -1.90. The smallest absolute Gasteiger partial charge is 0.160 e. The summed E-state index contributed by atoms with van der Waals surface area (Å²) in [6.45, 7) is 0. The van der Waals surface area contributed by atoms with Crippen LogP contribution in [0.25, 0.3) is 22.5 Å². The number of aromatic nitrogens is 2. The lowest BCUT2D eigenvalue weighted by Gasteiger charge is -2.05. The zero-order valence-electron chi connectivity index (χ0n) is 10.7. The van der Waals surface area contributed by atoms with Crippen LogP contribution in [0.2, 0.25) is 15.1 Å². The molecule has 1 heterocycles. The van der Waals surface area contributed by atoms with Crippen LogP contribution in [0.15, 0.2) is 54.9 Å². The van der Waals surface area contributed by atoms with E-state index in [1.54, 1.807) is 24.5 Å². The van der Waals surface area contributed by atoms with Crippen molar-refractivity contribution in [2.75, 3.05) is 0 Å². The van der Waals surface area contributed by atoms with Gasteiger partial charge >= 0.3 is 0 Å². The van der Waals surface area contributed by atoms with Crippen LogP contribution in [0.5, 0.6) is 0 Å². The van der Waals surface area contributed by atoms with Crippen molar-refractivity contribution in [3.05, 3.63) is 69.9 Å². The van der Waals surface area contributed by atoms with E-state index in [1.807, 2.05) is 30.3 Å². The summed E-state index contributed by atoms with van der Waals surface area (Å²) in [5.41, 5.74) is 2.68. The molecule has 2 nitrogen and oxygen atoms in total. The minimum Gasteiger partial charge on any atom is -0.236 e. The Kier molecular flexibility index (Phi) is 4.11. The first-order valence-electron chi connectivity index (χ1n) is 6.17. The maximum atomic E-state index is 6.16. The molecule has 0 atom stereocenters. The molecule has 0 saturated carbocycles. The van der Waals surface area contributed by atoms with E-state index in [0.717, 1.165) is 16.7 Å². The van der Waals surface area contributed by atoms with Gasteiger partial charge in [-0.25, -0.2) is 9.97 Å². The van der Waals surface area contributed by atoms with E-state index in [2.05, 4.69) is 9.97 Å². The molecule has 21 heavy (non-hydrogen) atoms. The highest BCUT2D eigenvalue weighted by Gasteiger charge is 2.07. The first-order chi connectivity index (χ1) is 10.1. The van der Waals surface area contributed by atoms with Gasteiger partial charge in [-0.1, -0.05) is 46.9 Å². The van der Waals surface area contributed by atoms with Gasteiger partial charge < -0.3 is 0 Å². The van der Waals surface area contributed by atoms with Crippen molar-refractivity contribution in [3.63, 3.8) is 0 Å². The highest BCUT2D eigenvalue weighted by Crippen LogP contribution is 2.28. The predicted octanol–water partition coefficient (Wildman–Crippen LogP) is 5.77. The third-order valence-corrected chi connectivity index (χ3v) is 3.80. The highest BCUT2D eigenvalue weighted by molar-refractivity contribution is 6.36. The van der Waals surface area contributed by atoms with Crippen molar-refractivity contribution in [1.29, 1.82) is 0 Å². The Balaban J connectivity index is 1.95. The Bertz CT molecular complexity index is 769. The summed E-state index contributed by atoms with van der Waals surface area (Å²) in [5.74, 6) is 0.564. The fraction of sp³-hybridized carbons (Fsp3) is 0. The van der Waals surface area contributed by atoms with Crippen LogP contribution in [0.4, 0.5) is 0 Å². The van der Waals surface area contributed by atoms with Gasteiger partial charge in [0.1, 0.15) is 0 Å². The Morgan fingerprint density at radius 3 is 1.90 bits per heavy atom. The van der Waals surface area contributed by atoms with Crippen LogP contribution in [0.3, 0.4) is 0 Å². The van der Waals surface area contributed by atoms with Crippen LogP contribution >= 0.6 is 34.8 Å². The second kappa shape index (κ2) is 6.02. The molecule has 0 aliphatic rings. The summed E-state index contributed by atoms with van der Waals surface area (Å²) in [6, 6.07) is 12.8. The van der Waals surface area contributed by atoms with Gasteiger partial charge in [-0.05, 0) is 35.9 Å². The molecular weight excluding hydrogens is 327 g/mol. The average molecular weight is 336 g/mol. The first kappa shape index (κ1) is 14.3. The second-order valence-corrected chi connectivity index (χ2v) is 5.71. The van der Waals surface area contributed by atoms with Gasteiger partial charge in [0, 0.05) is 33.6 Å². The van der Waals surface area contributed by atoms with E-state index in [9.17, 15) is 0 Å². The van der Waals surface area contributed by atoms with E-state index in [1.165, 1.54) is 0 Å². The molecule has 0 fully saturated rings. The van der Waals surface area contributed by atoms with Crippen molar-refractivity contribution in [2.45, 2.75) is 0 Å². The van der Waals surface area contributed by atoms with E-state index in [-0.39, 0.29) is 0 Å². The summed E-state index contributed by atoms with van der Waals surface area (Å²) < 4.78 is 0. The summed E-state index contributed by atoms with van der Waals surface area (Å²) in [5, 5.41) is 1.81. The highest BCUT2D eigenvalue weighted by atomic mass is 35.5. The molecule has 104 valence electrons. The van der Waals surface area contributed by atoms with Crippen molar-refractivity contribution in [1.82, 2.24) is 9.97 Å². The summed E-state index contributed by atoms with van der Waals surface area (Å²) in [7, 11) is 0. The topological polar surface area (TPSA) is 25.8 Å². The molecule has 2 aromatic carbocycles. The van der Waals surface area contributed by atoms with Gasteiger partial charge in [0.15, 0.2) is 5.82 Å². The molecule has 3 rings (SSSR count). The van der Waals surface area contributed by atoms with Gasteiger partial charge in [-0.15, -0.1) is 0 Å². The molecule has 3 aromatic rings. The van der Waals surface area contributed by atoms with Gasteiger partial charge in [-0.3, -0.25) is 0 Å². The monoisotopic (exact) mass is 334 g/mol. The van der Waals surface area contributed by atoms with E-state index in [4.69, 9.17) is 34.8 Å². The van der Waals surface area contributed by atoms with Crippen LogP contribution < -0.4 is 0 Å². The molecule has 1 aromatic heterocycles. The third kappa shape index (κ3) is 3.18. The molecule has 0 aliphatic heterocycles. The molecular formula is C16H9Cl3N2. The van der Waals surface area contributed by atoms with Crippen LogP contribution in [-0.4, -0.2) is 9.97 Å². The fourth-order valence-electron chi connectivity index (χ4n) is 1.93. The molecule has 5 heteroatoms. The average Bonchev–Trinajstić information content (AvgIpc) is 2.48. The summed E-state index contributed by atoms with van der Waals surface area (Å²) in [6.07, 6.45) is 3.52. The Labute approximate surface area is 137 Å². The lowest BCUT2D eigenvalue weighted by atomic mass is 10.1. The molecule has 0 bridgehead atoms. The minimum absolute atomic E-state index is 0.529. The van der Waals surface area contributed by atoms with Gasteiger partial charge in [-0.2, -0.15) is 0 Å². The van der Waals surface area contributed by atoms with Crippen molar-refractivity contribution in [2.24, 2.45) is 0 Å². The Morgan fingerprint density at radius 2 is 1.29 bits per heavy atom. The Hall–Kier alpha value is -1.61. The van der Waals surface area contributed by atoms with Crippen LogP contribution in [0.1, 0.15) is 0 Å².